The molecule has 0 unspecified atom stereocenters. The summed E-state index contributed by atoms with van der Waals surface area (Å²) in [5, 5.41) is 13.9. The van der Waals surface area contributed by atoms with Crippen LogP contribution in [0.1, 0.15) is 42.1 Å². The molecule has 6 nitrogen and oxygen atoms in total. The predicted octanol–water partition coefficient (Wildman–Crippen LogP) is 5.63. The van der Waals surface area contributed by atoms with Crippen LogP contribution in [0.5, 0.6) is 0 Å². The van der Waals surface area contributed by atoms with E-state index in [1.807, 2.05) is 0 Å². The van der Waals surface area contributed by atoms with Crippen molar-refractivity contribution in [3.8, 4) is 0 Å². The molecule has 0 heterocycles. The number of unbranched alkanes of at least 4 members (excludes halogenated alkanes) is 1. The second kappa shape index (κ2) is 10.7. The Morgan fingerprint density at radius 3 is 2.75 bits per heavy atom. The van der Waals surface area contributed by atoms with Gasteiger partial charge in [-0.15, -0.1) is 11.8 Å². The van der Waals surface area contributed by atoms with Crippen molar-refractivity contribution in [1.82, 2.24) is 0 Å². The van der Waals surface area contributed by atoms with Crippen LogP contribution >= 0.6 is 11.8 Å². The molecule has 2 aromatic carbocycles. The molecule has 0 fully saturated rings. The maximum atomic E-state index is 13.8. The van der Waals surface area contributed by atoms with Crippen LogP contribution < -0.4 is 0 Å². The van der Waals surface area contributed by atoms with E-state index in [1.165, 1.54) is 48.2 Å². The van der Waals surface area contributed by atoms with Gasteiger partial charge >= 0.3 is 0 Å². The highest BCUT2D eigenvalue weighted by molar-refractivity contribution is 7.99. The molecule has 0 aromatic heterocycles. The first-order valence-corrected chi connectivity index (χ1v) is 9.95. The molecule has 0 saturated carbocycles. The fourth-order valence-electron chi connectivity index (χ4n) is 2.75. The molecule has 0 aliphatic carbocycles. The van der Waals surface area contributed by atoms with Crippen molar-refractivity contribution in [2.24, 2.45) is 11.1 Å². The molecule has 0 N–H and O–H groups in total. The lowest BCUT2D eigenvalue weighted by molar-refractivity contribution is -0.384. The number of nitro groups is 1. The minimum atomic E-state index is -0.581. The Balaban J connectivity index is 2.26. The van der Waals surface area contributed by atoms with Crippen LogP contribution in [0.4, 0.5) is 10.1 Å². The maximum absolute atomic E-state index is 13.8. The lowest BCUT2D eigenvalue weighted by Crippen LogP contribution is -2.09. The maximum Gasteiger partial charge on any atom is 0.270 e. The van der Waals surface area contributed by atoms with Gasteiger partial charge in [-0.25, -0.2) is 4.39 Å². The average Bonchev–Trinajstić information content (AvgIpc) is 2.70. The van der Waals surface area contributed by atoms with E-state index in [0.717, 1.165) is 25.3 Å². The fraction of sp³-hybridized carbons (Fsp3) is 0.350. The van der Waals surface area contributed by atoms with Crippen molar-refractivity contribution < 1.29 is 14.1 Å². The topological polar surface area (TPSA) is 89.6 Å². The van der Waals surface area contributed by atoms with Gasteiger partial charge in [0.05, 0.1) is 11.5 Å². The van der Waals surface area contributed by atoms with Crippen molar-refractivity contribution in [1.29, 1.82) is 0 Å². The van der Waals surface area contributed by atoms with E-state index in [9.17, 15) is 24.2 Å². The summed E-state index contributed by atoms with van der Waals surface area (Å²) in [7, 11) is 0. The van der Waals surface area contributed by atoms with Crippen LogP contribution in [-0.2, 0) is 0 Å². The van der Waals surface area contributed by atoms with Gasteiger partial charge in [-0.3, -0.25) is 14.9 Å². The van der Waals surface area contributed by atoms with E-state index in [2.05, 4.69) is 12.1 Å². The summed E-state index contributed by atoms with van der Waals surface area (Å²) in [4.78, 5) is 34.5. The van der Waals surface area contributed by atoms with E-state index in [0.29, 0.717) is 10.6 Å². The van der Waals surface area contributed by atoms with Gasteiger partial charge in [-0.2, -0.15) is 4.91 Å². The minimum Gasteiger partial charge on any atom is -0.289 e. The van der Waals surface area contributed by atoms with Gasteiger partial charge in [-0.05, 0) is 30.5 Å². The number of carbonyl (C=O) groups is 1. The van der Waals surface area contributed by atoms with Crippen molar-refractivity contribution in [3.63, 3.8) is 0 Å². The van der Waals surface area contributed by atoms with Gasteiger partial charge in [-0.1, -0.05) is 37.1 Å². The van der Waals surface area contributed by atoms with Crippen LogP contribution in [-0.4, -0.2) is 23.0 Å². The second-order valence-electron chi connectivity index (χ2n) is 6.41. The molecule has 8 heteroatoms. The summed E-state index contributed by atoms with van der Waals surface area (Å²) >= 11 is 1.37. The van der Waals surface area contributed by atoms with Crippen LogP contribution in [0.3, 0.4) is 0 Å². The molecule has 148 valence electrons. The van der Waals surface area contributed by atoms with E-state index >= 15 is 0 Å². The van der Waals surface area contributed by atoms with Crippen molar-refractivity contribution in [3.05, 3.63) is 74.4 Å². The Morgan fingerprint density at radius 2 is 2.07 bits per heavy atom. The standard InChI is InChI=1S/C20H21FN2O4S/c1-2-3-5-14(12-22-25)13-28-19-9-8-16(21)11-18(19)20(24)15-6-4-7-17(10-15)23(26)27/h4,6-11,14H,2-3,5,12-13H2,1H3/t14-/m0/s1. The Bertz CT molecular complexity index is 860. The smallest absolute Gasteiger partial charge is 0.270 e. The van der Waals surface area contributed by atoms with Gasteiger partial charge in [0.2, 0.25) is 0 Å². The fourth-order valence-corrected chi connectivity index (χ4v) is 3.91. The third-order valence-corrected chi connectivity index (χ3v) is 5.58. The van der Waals surface area contributed by atoms with E-state index in [-0.39, 0.29) is 29.3 Å². The molecule has 0 radical (unpaired) electrons. The molecule has 1 atom stereocenters. The number of carbonyl (C=O) groups excluding carboxylic acids is 1. The molecule has 2 rings (SSSR count). The lowest BCUT2D eigenvalue weighted by Gasteiger charge is -2.14. The SMILES string of the molecule is CCCC[C@@H](CN=O)CSc1ccc(F)cc1C(=O)c1cccc([N+](=O)[O-])c1. The average molecular weight is 404 g/mol. The summed E-state index contributed by atoms with van der Waals surface area (Å²) in [6.45, 7) is 2.26. The highest BCUT2D eigenvalue weighted by Crippen LogP contribution is 2.29. The number of nitro benzene ring substituents is 1. The number of benzene rings is 2. The van der Waals surface area contributed by atoms with Gasteiger partial charge in [0, 0.05) is 33.9 Å². The van der Waals surface area contributed by atoms with E-state index in [1.54, 1.807) is 0 Å². The van der Waals surface area contributed by atoms with Crippen LogP contribution in [0.25, 0.3) is 0 Å². The Hall–Kier alpha value is -2.61. The summed E-state index contributed by atoms with van der Waals surface area (Å²) < 4.78 is 13.8. The highest BCUT2D eigenvalue weighted by Gasteiger charge is 2.19. The zero-order valence-corrected chi connectivity index (χ0v) is 16.3. The molecule has 0 aliphatic heterocycles. The van der Waals surface area contributed by atoms with Gasteiger partial charge in [0.25, 0.3) is 5.69 Å². The molecule has 28 heavy (non-hydrogen) atoms. The molecular weight excluding hydrogens is 383 g/mol. The zero-order valence-electron chi connectivity index (χ0n) is 15.5. The first kappa shape index (κ1) is 21.7. The molecule has 0 amide bonds. The van der Waals surface area contributed by atoms with Gasteiger partial charge in [0.15, 0.2) is 5.78 Å². The normalized spacial score (nSPS) is 11.8. The highest BCUT2D eigenvalue weighted by atomic mass is 32.2. The van der Waals surface area contributed by atoms with Crippen molar-refractivity contribution in [2.75, 3.05) is 12.3 Å². The second-order valence-corrected chi connectivity index (χ2v) is 7.47. The zero-order chi connectivity index (χ0) is 20.5. The molecule has 0 saturated heterocycles. The Morgan fingerprint density at radius 1 is 1.29 bits per heavy atom. The van der Waals surface area contributed by atoms with Gasteiger partial charge < -0.3 is 0 Å². The van der Waals surface area contributed by atoms with Crippen molar-refractivity contribution >= 4 is 23.2 Å². The number of hydrogen-bond donors (Lipinski definition) is 0. The number of thioether (sulfide) groups is 1. The van der Waals surface area contributed by atoms with Crippen LogP contribution in [0.2, 0.25) is 0 Å². The van der Waals surface area contributed by atoms with Gasteiger partial charge in [0.1, 0.15) is 5.82 Å². The number of nitrogens with zero attached hydrogens (tertiary/aromatic N) is 2. The summed E-state index contributed by atoms with van der Waals surface area (Å²) in [5.74, 6) is -0.389. The predicted molar refractivity (Wildman–Crippen MR) is 107 cm³/mol. The van der Waals surface area contributed by atoms with Crippen LogP contribution in [0.15, 0.2) is 52.5 Å². The third-order valence-electron chi connectivity index (χ3n) is 4.28. The minimum absolute atomic E-state index is 0.0771. The summed E-state index contributed by atoms with van der Waals surface area (Å²) in [5.41, 5.74) is 0.0747. The molecule has 0 bridgehead atoms. The van der Waals surface area contributed by atoms with E-state index < -0.39 is 16.5 Å². The van der Waals surface area contributed by atoms with Crippen LogP contribution in [0, 0.1) is 26.8 Å². The first-order chi connectivity index (χ1) is 13.5. The molecule has 2 aromatic rings. The number of non-ortho nitro benzene ring substituents is 1. The number of hydrogen-bond acceptors (Lipinski definition) is 6. The third kappa shape index (κ3) is 5.95. The quantitative estimate of drug-likeness (QED) is 0.159. The largest absolute Gasteiger partial charge is 0.289 e. The Labute approximate surface area is 166 Å². The molecular formula is C20H21FN2O4S. The summed E-state index contributed by atoms with van der Waals surface area (Å²) in [6, 6.07) is 9.30. The number of rotatable bonds is 11. The number of ketones is 1. The number of halogens is 1. The number of nitroso groups, excluding NO2 is 1. The van der Waals surface area contributed by atoms with Crippen molar-refractivity contribution in [2.45, 2.75) is 31.1 Å². The first-order valence-electron chi connectivity index (χ1n) is 8.96. The monoisotopic (exact) mass is 404 g/mol. The lowest BCUT2D eigenvalue weighted by atomic mass is 10.0. The molecule has 0 spiro atoms. The summed E-state index contributed by atoms with van der Waals surface area (Å²) in [6.07, 6.45) is 2.83. The Kier molecular flexibility index (Phi) is 8.25. The molecule has 0 aliphatic rings. The van der Waals surface area contributed by atoms with E-state index in [4.69, 9.17) is 0 Å².